The monoisotopic (exact) mass is 603 g/mol. The first-order chi connectivity index (χ1) is 19.3. The van der Waals surface area contributed by atoms with Crippen molar-refractivity contribution in [2.24, 2.45) is 5.10 Å². The van der Waals surface area contributed by atoms with E-state index in [1.165, 1.54) is 23.2 Å². The number of aromatic nitrogens is 2. The zero-order valence-corrected chi connectivity index (χ0v) is 24.0. The molecule has 0 unspecified atom stereocenters. The molecular formula is C30H30BrN5O4. The second kappa shape index (κ2) is 12.0. The number of halogens is 1. The maximum absolute atomic E-state index is 13.7. The lowest BCUT2D eigenvalue weighted by Crippen LogP contribution is -2.25. The Hall–Kier alpha value is -4.05. The van der Waals surface area contributed by atoms with Crippen molar-refractivity contribution in [3.8, 4) is 5.75 Å². The van der Waals surface area contributed by atoms with Crippen LogP contribution in [0.2, 0.25) is 0 Å². The van der Waals surface area contributed by atoms with Crippen LogP contribution in [-0.4, -0.2) is 34.9 Å². The molecule has 1 saturated carbocycles. The molecule has 40 heavy (non-hydrogen) atoms. The highest BCUT2D eigenvalue weighted by atomic mass is 79.9. The van der Waals surface area contributed by atoms with Gasteiger partial charge in [0.15, 0.2) is 0 Å². The molecule has 1 aliphatic carbocycles. The Bertz CT molecular complexity index is 1640. The summed E-state index contributed by atoms with van der Waals surface area (Å²) in [5, 5.41) is 16.4. The van der Waals surface area contributed by atoms with Crippen LogP contribution in [0, 0.1) is 10.1 Å². The maximum atomic E-state index is 13.7. The van der Waals surface area contributed by atoms with Gasteiger partial charge < -0.3 is 9.64 Å². The summed E-state index contributed by atoms with van der Waals surface area (Å²) in [6, 6.07) is 17.6. The van der Waals surface area contributed by atoms with Gasteiger partial charge in [-0.1, -0.05) is 47.3 Å². The first kappa shape index (κ1) is 27.5. The van der Waals surface area contributed by atoms with Gasteiger partial charge in [0.2, 0.25) is 0 Å². The van der Waals surface area contributed by atoms with Crippen LogP contribution in [0.3, 0.4) is 0 Å². The average Bonchev–Trinajstić information content (AvgIpc) is 2.96. The van der Waals surface area contributed by atoms with Crippen LogP contribution in [0.15, 0.2) is 75.0 Å². The predicted octanol–water partition coefficient (Wildman–Crippen LogP) is 6.64. The Labute approximate surface area is 240 Å². The van der Waals surface area contributed by atoms with Crippen LogP contribution in [0.25, 0.3) is 10.9 Å². The van der Waals surface area contributed by atoms with Gasteiger partial charge >= 0.3 is 0 Å². The molecule has 0 radical (unpaired) electrons. The van der Waals surface area contributed by atoms with Gasteiger partial charge in [-0.15, -0.1) is 0 Å². The van der Waals surface area contributed by atoms with Crippen LogP contribution in [0.4, 0.5) is 11.4 Å². The quantitative estimate of drug-likeness (QED) is 0.127. The molecule has 1 aliphatic rings. The van der Waals surface area contributed by atoms with E-state index < -0.39 is 4.92 Å². The summed E-state index contributed by atoms with van der Waals surface area (Å²) in [5.74, 6) is 1.39. The molecule has 4 aromatic rings. The minimum absolute atomic E-state index is 0.00925. The number of hydrogen-bond acceptors (Lipinski definition) is 7. The number of nitrogens with zero attached hydrogens (tertiary/aromatic N) is 5. The van der Waals surface area contributed by atoms with Crippen LogP contribution in [0.5, 0.6) is 5.75 Å². The number of ether oxygens (including phenoxy) is 1. The van der Waals surface area contributed by atoms with E-state index in [0.717, 1.165) is 35.8 Å². The van der Waals surface area contributed by atoms with Crippen LogP contribution < -0.4 is 15.2 Å². The van der Waals surface area contributed by atoms with Crippen molar-refractivity contribution in [1.82, 2.24) is 9.66 Å². The Balaban J connectivity index is 1.54. The molecule has 3 aromatic carbocycles. The third-order valence-corrected chi connectivity index (χ3v) is 7.64. The SMILES string of the molecule is CN(C)c1ccc(C=Nn2c(C3CCCCC3)nc3ccc(Br)cc3c2=O)c(OCc2cccc([N+](=O)[O-])c2)c1. The number of non-ortho nitro benzene ring substituents is 1. The van der Waals surface area contributed by atoms with Crippen LogP contribution in [0.1, 0.15) is 55.0 Å². The van der Waals surface area contributed by atoms with Crippen molar-refractivity contribution in [2.75, 3.05) is 19.0 Å². The molecule has 10 heteroatoms. The maximum Gasteiger partial charge on any atom is 0.282 e. The summed E-state index contributed by atoms with van der Waals surface area (Å²) >= 11 is 3.47. The van der Waals surface area contributed by atoms with Crippen molar-refractivity contribution < 1.29 is 9.66 Å². The van der Waals surface area contributed by atoms with E-state index >= 15 is 0 Å². The minimum Gasteiger partial charge on any atom is -0.488 e. The highest BCUT2D eigenvalue weighted by molar-refractivity contribution is 9.10. The van der Waals surface area contributed by atoms with Crippen molar-refractivity contribution >= 4 is 44.4 Å². The van der Waals surface area contributed by atoms with Crippen molar-refractivity contribution in [3.63, 3.8) is 0 Å². The molecule has 9 nitrogen and oxygen atoms in total. The predicted molar refractivity (Wildman–Crippen MR) is 161 cm³/mol. The second-order valence-electron chi connectivity index (χ2n) is 10.2. The number of anilines is 1. The topological polar surface area (TPSA) is 103 Å². The molecule has 0 spiro atoms. The average molecular weight is 605 g/mol. The van der Waals surface area contributed by atoms with Gasteiger partial charge in [-0.3, -0.25) is 14.9 Å². The van der Waals surface area contributed by atoms with Gasteiger partial charge in [0, 0.05) is 53.9 Å². The molecule has 0 bridgehead atoms. The number of benzene rings is 3. The molecule has 0 N–H and O–H groups in total. The molecule has 1 aromatic heterocycles. The number of hydrogen-bond donors (Lipinski definition) is 0. The summed E-state index contributed by atoms with van der Waals surface area (Å²) in [6.07, 6.45) is 6.96. The summed E-state index contributed by atoms with van der Waals surface area (Å²) in [6.45, 7) is 0.137. The highest BCUT2D eigenvalue weighted by Gasteiger charge is 2.22. The van der Waals surface area contributed by atoms with E-state index in [0.29, 0.717) is 33.6 Å². The fourth-order valence-electron chi connectivity index (χ4n) is 4.98. The molecular weight excluding hydrogens is 574 g/mol. The molecule has 1 fully saturated rings. The molecule has 206 valence electrons. The molecule has 0 aliphatic heterocycles. The van der Waals surface area contributed by atoms with E-state index in [1.807, 2.05) is 49.3 Å². The van der Waals surface area contributed by atoms with E-state index in [1.54, 1.807) is 24.4 Å². The lowest BCUT2D eigenvalue weighted by atomic mass is 9.88. The smallest absolute Gasteiger partial charge is 0.282 e. The lowest BCUT2D eigenvalue weighted by Gasteiger charge is -2.23. The number of nitro benzene ring substituents is 1. The van der Waals surface area contributed by atoms with Crippen molar-refractivity contribution in [1.29, 1.82) is 0 Å². The van der Waals surface area contributed by atoms with Gasteiger partial charge in [-0.25, -0.2) is 4.98 Å². The fraction of sp³-hybridized carbons (Fsp3) is 0.300. The summed E-state index contributed by atoms with van der Waals surface area (Å²) in [7, 11) is 3.87. The Kier molecular flexibility index (Phi) is 8.25. The largest absolute Gasteiger partial charge is 0.488 e. The third-order valence-electron chi connectivity index (χ3n) is 7.15. The lowest BCUT2D eigenvalue weighted by molar-refractivity contribution is -0.384. The summed E-state index contributed by atoms with van der Waals surface area (Å²) in [5.41, 5.74) is 2.72. The second-order valence-corrected chi connectivity index (χ2v) is 11.1. The number of fused-ring (bicyclic) bond motifs is 1. The first-order valence-corrected chi connectivity index (χ1v) is 14.0. The molecule has 1 heterocycles. The normalized spacial score (nSPS) is 14.1. The van der Waals surface area contributed by atoms with Gasteiger partial charge in [-0.05, 0) is 48.7 Å². The highest BCUT2D eigenvalue weighted by Crippen LogP contribution is 2.32. The third kappa shape index (κ3) is 6.07. The Morgan fingerprint density at radius 1 is 1.12 bits per heavy atom. The van der Waals surface area contributed by atoms with Gasteiger partial charge in [-0.2, -0.15) is 9.78 Å². The summed E-state index contributed by atoms with van der Waals surface area (Å²) in [4.78, 5) is 31.3. The fourth-order valence-corrected chi connectivity index (χ4v) is 5.34. The molecule has 0 atom stereocenters. The van der Waals surface area contributed by atoms with Gasteiger partial charge in [0.05, 0.1) is 22.0 Å². The van der Waals surface area contributed by atoms with Crippen molar-refractivity contribution in [3.05, 3.63) is 103 Å². The van der Waals surface area contributed by atoms with Gasteiger partial charge in [0.1, 0.15) is 18.2 Å². The zero-order chi connectivity index (χ0) is 28.2. The minimum atomic E-state index is -0.425. The first-order valence-electron chi connectivity index (χ1n) is 13.2. The standard InChI is InChI=1S/C30H30BrN5O4/c1-34(2)24-13-11-22(28(17-24)40-19-20-7-6-10-25(15-20)36(38)39)18-32-35-29(21-8-4-3-5-9-21)33-27-14-12-23(31)16-26(27)30(35)37/h6-7,10-18,21H,3-5,8-9,19H2,1-2H3. The van der Waals surface area contributed by atoms with Gasteiger partial charge in [0.25, 0.3) is 11.2 Å². The molecule has 0 saturated heterocycles. The Morgan fingerprint density at radius 2 is 1.93 bits per heavy atom. The van der Waals surface area contributed by atoms with E-state index in [9.17, 15) is 14.9 Å². The van der Waals surface area contributed by atoms with E-state index in [-0.39, 0.29) is 23.8 Å². The zero-order valence-electron chi connectivity index (χ0n) is 22.4. The Morgan fingerprint density at radius 3 is 2.67 bits per heavy atom. The van der Waals surface area contributed by atoms with Crippen LogP contribution >= 0.6 is 15.9 Å². The number of rotatable bonds is 8. The van der Waals surface area contributed by atoms with E-state index in [4.69, 9.17) is 9.72 Å². The number of nitro groups is 1. The van der Waals surface area contributed by atoms with Crippen LogP contribution in [-0.2, 0) is 6.61 Å². The molecule has 5 rings (SSSR count). The molecule has 0 amide bonds. The van der Waals surface area contributed by atoms with E-state index in [2.05, 4.69) is 21.0 Å². The van der Waals surface area contributed by atoms with Crippen molar-refractivity contribution in [2.45, 2.75) is 44.6 Å². The summed E-state index contributed by atoms with van der Waals surface area (Å²) < 4.78 is 8.39.